The van der Waals surface area contributed by atoms with Gasteiger partial charge in [-0.2, -0.15) is 5.10 Å². The quantitative estimate of drug-likeness (QED) is 0.255. The van der Waals surface area contributed by atoms with Gasteiger partial charge in [-0.25, -0.2) is 5.43 Å². The third kappa shape index (κ3) is 4.49. The molecule has 0 aliphatic carbocycles. The smallest absolute Gasteiger partial charge is 0.252 e. The third-order valence-electron chi connectivity index (χ3n) is 4.89. The number of fused-ring (bicyclic) bond motifs is 2. The Kier molecular flexibility index (Phi) is 5.92. The average molecular weight is 399 g/mol. The Morgan fingerprint density at radius 3 is 2.17 bits per heavy atom. The summed E-state index contributed by atoms with van der Waals surface area (Å²) in [5, 5.41) is 8.65. The van der Waals surface area contributed by atoms with Crippen LogP contribution in [-0.2, 0) is 10.5 Å². The SMILES string of the molecule is C[C@H](SCc1ccccc1)C(=O)N/N=C\c1c2ccccc2cc2ccccc12. The van der Waals surface area contributed by atoms with Gasteiger partial charge in [-0.1, -0.05) is 78.9 Å². The van der Waals surface area contributed by atoms with Crippen molar-refractivity contribution >= 4 is 45.4 Å². The lowest BCUT2D eigenvalue weighted by molar-refractivity contribution is -0.120. The summed E-state index contributed by atoms with van der Waals surface area (Å²) in [5.41, 5.74) is 4.93. The molecule has 4 rings (SSSR count). The van der Waals surface area contributed by atoms with Crippen molar-refractivity contribution in [3.8, 4) is 0 Å². The second-order valence-corrected chi connectivity index (χ2v) is 8.23. The highest BCUT2D eigenvalue weighted by Gasteiger charge is 2.13. The predicted octanol–water partition coefficient (Wildman–Crippen LogP) is 5.77. The summed E-state index contributed by atoms with van der Waals surface area (Å²) in [4.78, 5) is 12.4. The van der Waals surface area contributed by atoms with E-state index < -0.39 is 0 Å². The first kappa shape index (κ1) is 19.2. The van der Waals surface area contributed by atoms with Gasteiger partial charge in [-0.3, -0.25) is 4.79 Å². The largest absolute Gasteiger partial charge is 0.272 e. The number of hydrogen-bond acceptors (Lipinski definition) is 3. The van der Waals surface area contributed by atoms with Gasteiger partial charge in [0.2, 0.25) is 0 Å². The van der Waals surface area contributed by atoms with Crippen LogP contribution in [0, 0.1) is 0 Å². The Hall–Kier alpha value is -3.11. The minimum Gasteiger partial charge on any atom is -0.272 e. The summed E-state index contributed by atoms with van der Waals surface area (Å²) in [6, 6.07) is 28.8. The molecular weight excluding hydrogens is 376 g/mol. The van der Waals surface area contributed by atoms with Crippen molar-refractivity contribution in [1.82, 2.24) is 5.43 Å². The lowest BCUT2D eigenvalue weighted by Gasteiger charge is -2.10. The molecule has 1 amide bonds. The molecule has 4 aromatic rings. The van der Waals surface area contributed by atoms with Crippen LogP contribution in [0.2, 0.25) is 0 Å². The van der Waals surface area contributed by atoms with Gasteiger partial charge in [0.15, 0.2) is 0 Å². The first-order chi connectivity index (χ1) is 14.2. The molecule has 0 bridgehead atoms. The zero-order valence-electron chi connectivity index (χ0n) is 16.2. The van der Waals surface area contributed by atoms with Crippen LogP contribution in [0.15, 0.2) is 90.0 Å². The zero-order chi connectivity index (χ0) is 20.1. The summed E-state index contributed by atoms with van der Waals surface area (Å²) in [5.74, 6) is 0.708. The molecule has 0 saturated heterocycles. The lowest BCUT2D eigenvalue weighted by Crippen LogP contribution is -2.27. The highest BCUT2D eigenvalue weighted by Crippen LogP contribution is 2.27. The molecule has 29 heavy (non-hydrogen) atoms. The van der Waals surface area contributed by atoms with Crippen LogP contribution in [0.3, 0.4) is 0 Å². The maximum Gasteiger partial charge on any atom is 0.252 e. The number of nitrogens with zero attached hydrogens (tertiary/aromatic N) is 1. The van der Waals surface area contributed by atoms with E-state index in [1.165, 1.54) is 5.56 Å². The molecule has 144 valence electrons. The van der Waals surface area contributed by atoms with Crippen LogP contribution in [0.25, 0.3) is 21.5 Å². The number of amides is 1. The Morgan fingerprint density at radius 2 is 1.52 bits per heavy atom. The molecule has 0 aromatic heterocycles. The third-order valence-corrected chi connectivity index (χ3v) is 6.11. The van der Waals surface area contributed by atoms with E-state index in [-0.39, 0.29) is 11.2 Å². The monoisotopic (exact) mass is 398 g/mol. The Morgan fingerprint density at radius 1 is 0.931 bits per heavy atom. The maximum atomic E-state index is 12.4. The van der Waals surface area contributed by atoms with E-state index in [9.17, 15) is 4.79 Å². The van der Waals surface area contributed by atoms with Gasteiger partial charge in [0.05, 0.1) is 11.5 Å². The highest BCUT2D eigenvalue weighted by atomic mass is 32.2. The summed E-state index contributed by atoms with van der Waals surface area (Å²) in [6.45, 7) is 1.91. The van der Waals surface area contributed by atoms with Crippen LogP contribution in [0.5, 0.6) is 0 Å². The van der Waals surface area contributed by atoms with E-state index in [4.69, 9.17) is 0 Å². The predicted molar refractivity (Wildman–Crippen MR) is 124 cm³/mol. The van der Waals surface area contributed by atoms with E-state index in [2.05, 4.69) is 53.0 Å². The molecule has 0 aliphatic heterocycles. The zero-order valence-corrected chi connectivity index (χ0v) is 17.0. The molecule has 4 heteroatoms. The van der Waals surface area contributed by atoms with Gasteiger partial charge >= 0.3 is 0 Å². The highest BCUT2D eigenvalue weighted by molar-refractivity contribution is 7.99. The fourth-order valence-electron chi connectivity index (χ4n) is 3.31. The molecule has 0 fully saturated rings. The number of benzene rings is 4. The minimum atomic E-state index is -0.184. The van der Waals surface area contributed by atoms with Gasteiger partial charge < -0.3 is 0 Å². The second-order valence-electron chi connectivity index (χ2n) is 6.91. The van der Waals surface area contributed by atoms with E-state index in [1.54, 1.807) is 18.0 Å². The molecule has 0 radical (unpaired) electrons. The minimum absolute atomic E-state index is 0.0910. The van der Waals surface area contributed by atoms with Crippen molar-refractivity contribution in [2.45, 2.75) is 17.9 Å². The van der Waals surface area contributed by atoms with Crippen molar-refractivity contribution < 1.29 is 4.79 Å². The molecule has 0 saturated carbocycles. The summed E-state index contributed by atoms with van der Waals surface area (Å²) in [6.07, 6.45) is 1.76. The van der Waals surface area contributed by atoms with Gasteiger partial charge in [-0.05, 0) is 40.1 Å². The summed E-state index contributed by atoms with van der Waals surface area (Å²) < 4.78 is 0. The molecule has 0 heterocycles. The molecule has 0 unspecified atom stereocenters. The Balaban J connectivity index is 1.50. The standard InChI is InChI=1S/C25H22N2OS/c1-18(29-17-19-9-3-2-4-10-19)25(28)27-26-16-24-22-13-7-5-11-20(22)15-21-12-6-8-14-23(21)24/h2-16,18H,17H2,1H3,(H,27,28)/b26-16-/t18-/m0/s1. The Bertz CT molecular complexity index is 1120. The number of hydrazone groups is 1. The first-order valence-corrected chi connectivity index (χ1v) is 10.7. The topological polar surface area (TPSA) is 41.5 Å². The molecule has 1 atom stereocenters. The molecule has 0 aliphatic rings. The first-order valence-electron chi connectivity index (χ1n) is 9.61. The maximum absolute atomic E-state index is 12.4. The van der Waals surface area contributed by atoms with E-state index in [1.807, 2.05) is 49.4 Å². The van der Waals surface area contributed by atoms with Crippen molar-refractivity contribution in [2.24, 2.45) is 5.10 Å². The molecular formula is C25H22N2OS. The summed E-state index contributed by atoms with van der Waals surface area (Å²) >= 11 is 1.60. The van der Waals surface area contributed by atoms with Gasteiger partial charge in [-0.15, -0.1) is 11.8 Å². The van der Waals surface area contributed by atoms with Crippen LogP contribution in [0.4, 0.5) is 0 Å². The van der Waals surface area contributed by atoms with E-state index in [0.29, 0.717) is 0 Å². The molecule has 3 nitrogen and oxygen atoms in total. The van der Waals surface area contributed by atoms with Crippen molar-refractivity contribution in [2.75, 3.05) is 0 Å². The van der Waals surface area contributed by atoms with Crippen LogP contribution < -0.4 is 5.43 Å². The van der Waals surface area contributed by atoms with Crippen molar-refractivity contribution in [3.05, 3.63) is 96.1 Å². The fraction of sp³-hybridized carbons (Fsp3) is 0.120. The van der Waals surface area contributed by atoms with Crippen LogP contribution in [0.1, 0.15) is 18.1 Å². The molecule has 0 spiro atoms. The van der Waals surface area contributed by atoms with Gasteiger partial charge in [0.1, 0.15) is 0 Å². The molecule has 4 aromatic carbocycles. The lowest BCUT2D eigenvalue weighted by atomic mass is 9.97. The average Bonchev–Trinajstić information content (AvgIpc) is 2.77. The Labute approximate surface area is 174 Å². The van der Waals surface area contributed by atoms with Crippen molar-refractivity contribution in [1.29, 1.82) is 0 Å². The molecule has 1 N–H and O–H groups in total. The van der Waals surface area contributed by atoms with E-state index >= 15 is 0 Å². The van der Waals surface area contributed by atoms with Crippen LogP contribution >= 0.6 is 11.8 Å². The fourth-order valence-corrected chi connectivity index (χ4v) is 4.15. The number of hydrogen-bond donors (Lipinski definition) is 1. The number of carbonyl (C=O) groups excluding carboxylic acids is 1. The number of thioether (sulfide) groups is 1. The van der Waals surface area contributed by atoms with Gasteiger partial charge in [0.25, 0.3) is 5.91 Å². The number of carbonyl (C=O) groups is 1. The van der Waals surface area contributed by atoms with Gasteiger partial charge in [0, 0.05) is 11.3 Å². The van der Waals surface area contributed by atoms with Crippen molar-refractivity contribution in [3.63, 3.8) is 0 Å². The second kappa shape index (κ2) is 8.93. The van der Waals surface area contributed by atoms with Crippen LogP contribution in [-0.4, -0.2) is 17.4 Å². The number of rotatable bonds is 6. The summed E-state index contributed by atoms with van der Waals surface area (Å²) in [7, 11) is 0. The normalized spacial score (nSPS) is 12.4. The van der Waals surface area contributed by atoms with E-state index in [0.717, 1.165) is 32.9 Å². The number of nitrogens with one attached hydrogen (secondary N) is 1.